The van der Waals surface area contributed by atoms with Crippen molar-refractivity contribution in [3.63, 3.8) is 0 Å². The number of carbonyl (C=O) groups is 2. The lowest BCUT2D eigenvalue weighted by atomic mass is 9.46. The molecule has 0 unspecified atom stereocenters. The van der Waals surface area contributed by atoms with E-state index in [1.165, 1.54) is 0 Å². The Balaban J connectivity index is 1.74. The van der Waals surface area contributed by atoms with Gasteiger partial charge < -0.3 is 25.6 Å². The van der Waals surface area contributed by atoms with E-state index in [0.717, 1.165) is 17.7 Å². The summed E-state index contributed by atoms with van der Waals surface area (Å²) < 4.78 is 5.70. The zero-order valence-corrected chi connectivity index (χ0v) is 19.5. The molecule has 2 aliphatic carbocycles. The van der Waals surface area contributed by atoms with Gasteiger partial charge in [0.1, 0.15) is 6.10 Å². The summed E-state index contributed by atoms with van der Waals surface area (Å²) in [4.78, 5) is 25.9. The molecule has 0 bridgehead atoms. The number of aliphatic hydroxyl groups is 2. The Hall–Kier alpha value is -1.64. The largest absolute Gasteiger partial charge is 0.446 e. The maximum Gasteiger partial charge on any atom is 0.407 e. The molecule has 0 aromatic carbocycles. The number of thiophene rings is 1. The molecule has 0 aliphatic heterocycles. The highest BCUT2D eigenvalue weighted by atomic mass is 32.1. The van der Waals surface area contributed by atoms with Crippen molar-refractivity contribution in [2.45, 2.75) is 71.6 Å². The molecule has 1 aromatic heterocycles. The Morgan fingerprint density at radius 3 is 2.68 bits per heavy atom. The lowest BCUT2D eigenvalue weighted by Crippen LogP contribution is -2.61. The van der Waals surface area contributed by atoms with E-state index in [-0.39, 0.29) is 36.2 Å². The van der Waals surface area contributed by atoms with Crippen LogP contribution in [0, 0.1) is 22.7 Å². The van der Waals surface area contributed by atoms with Crippen molar-refractivity contribution in [2.24, 2.45) is 22.7 Å². The molecule has 1 heterocycles. The van der Waals surface area contributed by atoms with Gasteiger partial charge in [0.15, 0.2) is 0 Å². The minimum absolute atomic E-state index is 0.0386. The molecule has 2 fully saturated rings. The van der Waals surface area contributed by atoms with E-state index < -0.39 is 23.7 Å². The first-order valence-corrected chi connectivity index (χ1v) is 12.1. The number of fused-ring (bicyclic) bond motifs is 1. The number of ether oxygens (including phenoxy) is 1. The predicted molar refractivity (Wildman–Crippen MR) is 119 cm³/mol. The third-order valence-corrected chi connectivity index (χ3v) is 8.57. The summed E-state index contributed by atoms with van der Waals surface area (Å²) in [5, 5.41) is 28.9. The molecule has 2 amide bonds. The molecule has 8 heteroatoms. The highest BCUT2D eigenvalue weighted by Crippen LogP contribution is 2.61. The highest BCUT2D eigenvalue weighted by molar-refractivity contribution is 7.09. The molecule has 0 saturated heterocycles. The lowest BCUT2D eigenvalue weighted by molar-refractivity contribution is -0.185. The molecule has 0 spiro atoms. The summed E-state index contributed by atoms with van der Waals surface area (Å²) in [5.41, 5.74) is -0.944. The summed E-state index contributed by atoms with van der Waals surface area (Å²) in [6.45, 7) is 6.82. The number of nitrogens with one attached hydrogen (secondary N) is 2. The maximum absolute atomic E-state index is 12.7. The molecular formula is C23H36N2O5S. The summed E-state index contributed by atoms with van der Waals surface area (Å²) in [7, 11) is 0. The molecule has 7 nitrogen and oxygen atoms in total. The molecule has 2 saturated carbocycles. The lowest BCUT2D eigenvalue weighted by Gasteiger charge is -2.60. The van der Waals surface area contributed by atoms with Gasteiger partial charge in [0, 0.05) is 23.3 Å². The SMILES string of the molecule is CCNC(=O)O[C@@H]1CC[C@]2(C)[C@H](CC[C@@H](O)[C@H]2CC(=O)NCc2cccs2)[C@]1(C)CO. The summed E-state index contributed by atoms with van der Waals surface area (Å²) in [5.74, 6) is -0.228. The van der Waals surface area contributed by atoms with Crippen LogP contribution in [0.3, 0.4) is 0 Å². The van der Waals surface area contributed by atoms with Crippen LogP contribution >= 0.6 is 11.3 Å². The molecule has 4 N–H and O–H groups in total. The predicted octanol–water partition coefficient (Wildman–Crippen LogP) is 3.05. The zero-order chi connectivity index (χ0) is 22.6. The number of carbonyl (C=O) groups excluding carboxylic acids is 2. The quantitative estimate of drug-likeness (QED) is 0.509. The standard InChI is InChI=1S/C23H36N2O5S/c1-4-24-21(29)30-19-9-10-22(2)16(12-20(28)25-13-15-6-5-11-31-15)17(27)7-8-18(22)23(19,3)14-26/h5-6,11,16-19,26-27H,4,7-10,12-14H2,1-3H3,(H,24,29)(H,25,28)/t16-,17-,18+,19-,22+,23+/m1/s1. The number of aliphatic hydroxyl groups excluding tert-OH is 2. The van der Waals surface area contributed by atoms with E-state index in [0.29, 0.717) is 25.9 Å². The van der Waals surface area contributed by atoms with Crippen molar-refractivity contribution in [2.75, 3.05) is 13.2 Å². The Bertz CT molecular complexity index is 757. The van der Waals surface area contributed by atoms with Gasteiger partial charge in [-0.15, -0.1) is 11.3 Å². The molecule has 1 aromatic rings. The van der Waals surface area contributed by atoms with Gasteiger partial charge in [0.25, 0.3) is 0 Å². The summed E-state index contributed by atoms with van der Waals surface area (Å²) >= 11 is 1.60. The molecule has 6 atom stereocenters. The van der Waals surface area contributed by atoms with Crippen LogP contribution in [-0.2, 0) is 16.1 Å². The van der Waals surface area contributed by atoms with Gasteiger partial charge in [-0.25, -0.2) is 4.79 Å². The molecule has 0 radical (unpaired) electrons. The van der Waals surface area contributed by atoms with Crippen molar-refractivity contribution in [1.29, 1.82) is 0 Å². The first-order valence-electron chi connectivity index (χ1n) is 11.3. The first-order chi connectivity index (χ1) is 14.7. The average Bonchev–Trinajstić information content (AvgIpc) is 3.25. The minimum Gasteiger partial charge on any atom is -0.446 e. The molecule has 31 heavy (non-hydrogen) atoms. The van der Waals surface area contributed by atoms with Gasteiger partial charge in [0.2, 0.25) is 5.91 Å². The average molecular weight is 453 g/mol. The third kappa shape index (κ3) is 4.91. The van der Waals surface area contributed by atoms with Crippen molar-refractivity contribution < 1.29 is 24.5 Å². The van der Waals surface area contributed by atoms with Crippen LogP contribution in [-0.4, -0.2) is 47.6 Å². The van der Waals surface area contributed by atoms with Gasteiger partial charge in [0.05, 0.1) is 19.3 Å². The molecule has 174 valence electrons. The number of amides is 2. The summed E-state index contributed by atoms with van der Waals surface area (Å²) in [6, 6.07) is 3.94. The fourth-order valence-corrected chi connectivity index (χ4v) is 6.61. The second-order valence-corrected chi connectivity index (χ2v) is 10.5. The van der Waals surface area contributed by atoms with Crippen LogP contribution < -0.4 is 10.6 Å². The second-order valence-electron chi connectivity index (χ2n) is 9.50. The maximum atomic E-state index is 12.7. The number of rotatable bonds is 7. The monoisotopic (exact) mass is 452 g/mol. The first kappa shape index (κ1) is 24.0. The van der Waals surface area contributed by atoms with Gasteiger partial charge in [-0.05, 0) is 61.3 Å². The zero-order valence-electron chi connectivity index (χ0n) is 18.7. The van der Waals surface area contributed by atoms with Crippen LogP contribution in [0.25, 0.3) is 0 Å². The third-order valence-electron chi connectivity index (χ3n) is 7.69. The Labute approximate surface area is 188 Å². The molecular weight excluding hydrogens is 416 g/mol. The van der Waals surface area contributed by atoms with Gasteiger partial charge in [-0.2, -0.15) is 0 Å². The van der Waals surface area contributed by atoms with E-state index in [2.05, 4.69) is 17.6 Å². The Kier molecular flexibility index (Phi) is 7.65. The van der Waals surface area contributed by atoms with Crippen LogP contribution in [0.15, 0.2) is 17.5 Å². The van der Waals surface area contributed by atoms with E-state index in [1.54, 1.807) is 11.3 Å². The van der Waals surface area contributed by atoms with E-state index in [4.69, 9.17) is 4.74 Å². The topological polar surface area (TPSA) is 108 Å². The van der Waals surface area contributed by atoms with Crippen molar-refractivity contribution in [1.82, 2.24) is 10.6 Å². The van der Waals surface area contributed by atoms with Crippen molar-refractivity contribution >= 4 is 23.3 Å². The van der Waals surface area contributed by atoms with Crippen LogP contribution in [0.4, 0.5) is 4.79 Å². The number of hydrogen-bond donors (Lipinski definition) is 4. The highest BCUT2D eigenvalue weighted by Gasteiger charge is 2.60. The molecule has 2 aliphatic rings. The fraction of sp³-hybridized carbons (Fsp3) is 0.739. The smallest absolute Gasteiger partial charge is 0.407 e. The van der Waals surface area contributed by atoms with E-state index >= 15 is 0 Å². The van der Waals surface area contributed by atoms with Crippen molar-refractivity contribution in [3.05, 3.63) is 22.4 Å². The summed E-state index contributed by atoms with van der Waals surface area (Å²) in [6.07, 6.45) is 1.48. The second kappa shape index (κ2) is 9.88. The van der Waals surface area contributed by atoms with Gasteiger partial charge in [-0.1, -0.05) is 19.9 Å². The van der Waals surface area contributed by atoms with Crippen LogP contribution in [0.5, 0.6) is 0 Å². The fourth-order valence-electron chi connectivity index (χ4n) is 5.97. The number of alkyl carbamates (subject to hydrolysis) is 1. The van der Waals surface area contributed by atoms with Gasteiger partial charge in [-0.3, -0.25) is 4.79 Å². The van der Waals surface area contributed by atoms with Crippen LogP contribution in [0.1, 0.15) is 57.8 Å². The van der Waals surface area contributed by atoms with E-state index in [9.17, 15) is 19.8 Å². The minimum atomic E-state index is -0.621. The Morgan fingerprint density at radius 1 is 1.26 bits per heavy atom. The van der Waals surface area contributed by atoms with Crippen molar-refractivity contribution in [3.8, 4) is 0 Å². The normalized spacial score (nSPS) is 35.1. The molecule has 3 rings (SSSR count). The number of hydrogen-bond acceptors (Lipinski definition) is 6. The Morgan fingerprint density at radius 2 is 2.03 bits per heavy atom. The van der Waals surface area contributed by atoms with Crippen LogP contribution in [0.2, 0.25) is 0 Å². The van der Waals surface area contributed by atoms with E-state index in [1.807, 2.05) is 31.4 Å². The van der Waals surface area contributed by atoms with Gasteiger partial charge >= 0.3 is 6.09 Å².